The first-order chi connectivity index (χ1) is 15.3. The number of ether oxygens (including phenoxy) is 1. The van der Waals surface area contributed by atoms with Crippen LogP contribution in [0.2, 0.25) is 10.0 Å². The Balaban J connectivity index is 1.94. The summed E-state index contributed by atoms with van der Waals surface area (Å²) in [4.78, 5) is 41.5. The maximum Gasteiger partial charge on any atom is 0.330 e. The topological polar surface area (TPSA) is 110 Å². The van der Waals surface area contributed by atoms with Gasteiger partial charge >= 0.3 is 5.69 Å². The number of carbonyl (C=O) groups is 1. The fourth-order valence-electron chi connectivity index (χ4n) is 3.18. The van der Waals surface area contributed by atoms with Gasteiger partial charge < -0.3 is 15.4 Å². The molecule has 0 unspecified atom stereocenters. The first-order valence-electron chi connectivity index (χ1n) is 9.87. The van der Waals surface area contributed by atoms with Crippen LogP contribution in [-0.4, -0.2) is 28.6 Å². The molecule has 0 bridgehead atoms. The van der Waals surface area contributed by atoms with Gasteiger partial charge in [-0.05, 0) is 24.1 Å². The van der Waals surface area contributed by atoms with Crippen LogP contribution >= 0.6 is 23.2 Å². The quantitative estimate of drug-likeness (QED) is 0.518. The summed E-state index contributed by atoms with van der Waals surface area (Å²) in [7, 11) is 0. The minimum absolute atomic E-state index is 0.110. The largest absolute Gasteiger partial charge is 0.481 e. The monoisotopic (exact) mass is 476 g/mol. The highest BCUT2D eigenvalue weighted by Gasteiger charge is 2.24. The molecule has 0 radical (unpaired) electrons. The van der Waals surface area contributed by atoms with Gasteiger partial charge in [-0.2, -0.15) is 0 Å². The Morgan fingerprint density at radius 1 is 1.09 bits per heavy atom. The second kappa shape index (κ2) is 10.4. The number of rotatable bonds is 8. The van der Waals surface area contributed by atoms with Gasteiger partial charge in [0.2, 0.25) is 0 Å². The number of anilines is 2. The zero-order chi connectivity index (χ0) is 23.3. The summed E-state index contributed by atoms with van der Waals surface area (Å²) >= 11 is 12.2. The molecule has 1 heterocycles. The molecule has 168 valence electrons. The Morgan fingerprint density at radius 2 is 1.75 bits per heavy atom. The summed E-state index contributed by atoms with van der Waals surface area (Å²) in [5, 5.41) is 0.502. The lowest BCUT2D eigenvalue weighted by molar-refractivity contribution is -0.120. The average Bonchev–Trinajstić information content (AvgIpc) is 2.76. The van der Waals surface area contributed by atoms with E-state index >= 15 is 0 Å². The molecule has 0 saturated carbocycles. The highest BCUT2D eigenvalue weighted by molar-refractivity contribution is 6.37. The Hall–Kier alpha value is -3.23. The van der Waals surface area contributed by atoms with Crippen molar-refractivity contribution in [3.8, 4) is 5.75 Å². The Labute approximate surface area is 194 Å². The molecule has 1 amide bonds. The summed E-state index contributed by atoms with van der Waals surface area (Å²) in [5.41, 5.74) is 5.50. The molecule has 3 N–H and O–H groups in total. The van der Waals surface area contributed by atoms with Crippen molar-refractivity contribution in [1.82, 2.24) is 9.55 Å². The lowest BCUT2D eigenvalue weighted by atomic mass is 10.2. The molecule has 0 aliphatic heterocycles. The summed E-state index contributed by atoms with van der Waals surface area (Å²) in [6.45, 7) is 1.74. The number of aromatic amines is 1. The number of nitrogens with one attached hydrogen (secondary N) is 1. The maximum atomic E-state index is 13.0. The van der Waals surface area contributed by atoms with E-state index in [4.69, 9.17) is 33.7 Å². The standard InChI is InChI=1S/C22H22Cl2N4O4/c1-2-11-27(17(29)13-32-19-15(23)9-6-10-16(19)24)18-20(25)28(22(31)26-21(18)30)12-14-7-4-3-5-8-14/h3-10H,2,11-13,25H2,1H3,(H,26,30,31). The minimum atomic E-state index is -0.755. The molecule has 0 aliphatic carbocycles. The third-order valence-corrected chi connectivity index (χ3v) is 5.27. The number of H-pyrrole nitrogens is 1. The normalized spacial score (nSPS) is 10.7. The molecule has 0 saturated heterocycles. The van der Waals surface area contributed by atoms with Crippen molar-refractivity contribution in [2.45, 2.75) is 19.9 Å². The lowest BCUT2D eigenvalue weighted by Gasteiger charge is -2.24. The predicted octanol–water partition coefficient (Wildman–Crippen LogP) is 3.30. The van der Waals surface area contributed by atoms with E-state index in [1.54, 1.807) is 18.2 Å². The molecule has 10 heteroatoms. The van der Waals surface area contributed by atoms with Crippen molar-refractivity contribution in [3.05, 3.63) is 85.0 Å². The Morgan fingerprint density at radius 3 is 2.38 bits per heavy atom. The number of halogens is 2. The van der Waals surface area contributed by atoms with Crippen LogP contribution < -0.4 is 26.6 Å². The molecular formula is C22H22Cl2N4O4. The molecule has 0 fully saturated rings. The smallest absolute Gasteiger partial charge is 0.330 e. The molecule has 1 aromatic heterocycles. The number of benzene rings is 2. The third-order valence-electron chi connectivity index (χ3n) is 4.67. The van der Waals surface area contributed by atoms with Gasteiger partial charge in [0.15, 0.2) is 18.0 Å². The van der Waals surface area contributed by atoms with E-state index in [-0.39, 0.29) is 40.4 Å². The molecule has 0 atom stereocenters. The lowest BCUT2D eigenvalue weighted by Crippen LogP contribution is -2.43. The van der Waals surface area contributed by atoms with E-state index in [1.165, 1.54) is 9.47 Å². The van der Waals surface area contributed by atoms with Crippen LogP contribution in [0.4, 0.5) is 11.5 Å². The van der Waals surface area contributed by atoms with Gasteiger partial charge in [-0.25, -0.2) is 4.79 Å². The fraction of sp³-hybridized carbons (Fsp3) is 0.227. The predicted molar refractivity (Wildman–Crippen MR) is 126 cm³/mol. The molecule has 0 spiro atoms. The van der Waals surface area contributed by atoms with Crippen LogP contribution in [0, 0.1) is 0 Å². The van der Waals surface area contributed by atoms with Crippen LogP contribution in [0.25, 0.3) is 0 Å². The van der Waals surface area contributed by atoms with E-state index in [9.17, 15) is 14.4 Å². The summed E-state index contributed by atoms with van der Waals surface area (Å²) < 4.78 is 6.75. The highest BCUT2D eigenvalue weighted by Crippen LogP contribution is 2.32. The molecule has 3 rings (SSSR count). The van der Waals surface area contributed by atoms with Crippen LogP contribution in [-0.2, 0) is 11.3 Å². The van der Waals surface area contributed by atoms with Gasteiger partial charge in [-0.3, -0.25) is 19.1 Å². The van der Waals surface area contributed by atoms with Gasteiger partial charge in [-0.15, -0.1) is 0 Å². The summed E-state index contributed by atoms with van der Waals surface area (Å²) in [6, 6.07) is 14.0. The van der Waals surface area contributed by atoms with Crippen molar-refractivity contribution in [2.75, 3.05) is 23.8 Å². The molecule has 8 nitrogen and oxygen atoms in total. The molecule has 32 heavy (non-hydrogen) atoms. The molecule has 3 aromatic rings. The number of hydrogen-bond donors (Lipinski definition) is 2. The summed E-state index contributed by atoms with van der Waals surface area (Å²) in [6.07, 6.45) is 0.537. The number of carbonyl (C=O) groups excluding carboxylic acids is 1. The minimum Gasteiger partial charge on any atom is -0.481 e. The number of para-hydroxylation sites is 1. The molecular weight excluding hydrogens is 455 g/mol. The van der Waals surface area contributed by atoms with Gasteiger partial charge in [-0.1, -0.05) is 66.5 Å². The van der Waals surface area contributed by atoms with E-state index in [1.807, 2.05) is 37.3 Å². The van der Waals surface area contributed by atoms with Crippen molar-refractivity contribution in [2.24, 2.45) is 0 Å². The maximum absolute atomic E-state index is 13.0. The number of aromatic nitrogens is 2. The van der Waals surface area contributed by atoms with Crippen LogP contribution in [0.5, 0.6) is 5.75 Å². The Kier molecular flexibility index (Phi) is 7.61. The second-order valence-electron chi connectivity index (χ2n) is 6.95. The van der Waals surface area contributed by atoms with Gasteiger partial charge in [0.1, 0.15) is 5.82 Å². The van der Waals surface area contributed by atoms with Gasteiger partial charge in [0, 0.05) is 6.54 Å². The van der Waals surface area contributed by atoms with E-state index in [0.717, 1.165) is 5.56 Å². The van der Waals surface area contributed by atoms with E-state index in [2.05, 4.69) is 4.98 Å². The van der Waals surface area contributed by atoms with Crippen LogP contribution in [0.1, 0.15) is 18.9 Å². The summed E-state index contributed by atoms with van der Waals surface area (Å²) in [5.74, 6) is -0.485. The van der Waals surface area contributed by atoms with Crippen molar-refractivity contribution >= 4 is 40.6 Å². The van der Waals surface area contributed by atoms with E-state index in [0.29, 0.717) is 6.42 Å². The third kappa shape index (κ3) is 5.15. The first-order valence-corrected chi connectivity index (χ1v) is 10.6. The van der Waals surface area contributed by atoms with Crippen molar-refractivity contribution in [3.63, 3.8) is 0 Å². The first kappa shape index (κ1) is 23.4. The van der Waals surface area contributed by atoms with Crippen LogP contribution in [0.3, 0.4) is 0 Å². The molecule has 0 aliphatic rings. The zero-order valence-electron chi connectivity index (χ0n) is 17.3. The fourth-order valence-corrected chi connectivity index (χ4v) is 3.68. The van der Waals surface area contributed by atoms with Crippen molar-refractivity contribution in [1.29, 1.82) is 0 Å². The van der Waals surface area contributed by atoms with Gasteiger partial charge in [0.25, 0.3) is 11.5 Å². The van der Waals surface area contributed by atoms with Crippen molar-refractivity contribution < 1.29 is 9.53 Å². The van der Waals surface area contributed by atoms with Crippen LogP contribution in [0.15, 0.2) is 58.1 Å². The van der Waals surface area contributed by atoms with E-state index < -0.39 is 23.8 Å². The number of amides is 1. The number of hydrogen-bond acceptors (Lipinski definition) is 5. The van der Waals surface area contributed by atoms with Gasteiger partial charge in [0.05, 0.1) is 16.6 Å². The number of nitrogens with zero attached hydrogens (tertiary/aromatic N) is 2. The number of nitrogen functional groups attached to an aromatic ring is 1. The average molecular weight is 477 g/mol. The zero-order valence-corrected chi connectivity index (χ0v) is 18.8. The second-order valence-corrected chi connectivity index (χ2v) is 7.76. The number of nitrogens with two attached hydrogens (primary N) is 1. The highest BCUT2D eigenvalue weighted by atomic mass is 35.5. The molecule has 2 aromatic carbocycles. The Bertz CT molecular complexity index is 1200. The SMILES string of the molecule is CCCN(C(=O)COc1c(Cl)cccc1Cl)c1c(N)n(Cc2ccccc2)c(=O)[nH]c1=O.